The lowest BCUT2D eigenvalue weighted by Gasteiger charge is -2.21. The second-order valence-corrected chi connectivity index (χ2v) is 5.30. The lowest BCUT2D eigenvalue weighted by atomic mass is 10.0. The van der Waals surface area contributed by atoms with Gasteiger partial charge in [0.05, 0.1) is 0 Å². The van der Waals surface area contributed by atoms with Gasteiger partial charge in [-0.05, 0) is 33.4 Å². The number of carboxylic acids is 1. The molecular weight excluding hydrogens is 234 g/mol. The number of nitrogens with zero attached hydrogens (tertiary/aromatic N) is 1. The Morgan fingerprint density at radius 1 is 1.17 bits per heavy atom. The number of carbonyl (C=O) groups excluding carboxylic acids is 1. The fourth-order valence-corrected chi connectivity index (χ4v) is 1.71. The van der Waals surface area contributed by atoms with Crippen molar-refractivity contribution in [2.24, 2.45) is 5.92 Å². The van der Waals surface area contributed by atoms with Crippen molar-refractivity contribution >= 4 is 12.0 Å². The van der Waals surface area contributed by atoms with E-state index in [0.717, 1.165) is 0 Å². The van der Waals surface area contributed by atoms with Crippen molar-refractivity contribution in [1.82, 2.24) is 15.5 Å². The van der Waals surface area contributed by atoms with Crippen molar-refractivity contribution in [2.75, 3.05) is 20.6 Å². The van der Waals surface area contributed by atoms with Gasteiger partial charge in [-0.1, -0.05) is 13.8 Å². The van der Waals surface area contributed by atoms with Crippen molar-refractivity contribution in [3.8, 4) is 0 Å². The summed E-state index contributed by atoms with van der Waals surface area (Å²) in [5.74, 6) is -0.787. The van der Waals surface area contributed by atoms with Crippen LogP contribution in [-0.2, 0) is 4.79 Å². The molecular formula is C12H25N3O3. The van der Waals surface area contributed by atoms with E-state index in [1.165, 1.54) is 0 Å². The first-order chi connectivity index (χ1) is 8.22. The summed E-state index contributed by atoms with van der Waals surface area (Å²) >= 11 is 0. The average molecular weight is 259 g/mol. The van der Waals surface area contributed by atoms with E-state index in [1.807, 2.05) is 39.8 Å². The van der Waals surface area contributed by atoms with Crippen LogP contribution in [0.4, 0.5) is 4.79 Å². The molecule has 6 nitrogen and oxygen atoms in total. The van der Waals surface area contributed by atoms with Gasteiger partial charge in [-0.15, -0.1) is 0 Å². The first-order valence-corrected chi connectivity index (χ1v) is 6.17. The van der Waals surface area contributed by atoms with Crippen molar-refractivity contribution < 1.29 is 14.7 Å². The number of urea groups is 1. The third kappa shape index (κ3) is 7.89. The standard InChI is InChI=1S/C12H25N3O3/c1-8(2)6-10(11(16)17)14-12(18)13-9(3)7-15(4)5/h8-10H,6-7H2,1-5H3,(H,16,17)(H2,13,14,18). The van der Waals surface area contributed by atoms with E-state index < -0.39 is 18.0 Å². The van der Waals surface area contributed by atoms with Crippen LogP contribution in [0.1, 0.15) is 27.2 Å². The number of nitrogens with one attached hydrogen (secondary N) is 2. The summed E-state index contributed by atoms with van der Waals surface area (Å²) in [4.78, 5) is 24.6. The molecule has 0 radical (unpaired) electrons. The van der Waals surface area contributed by atoms with Crippen LogP contribution in [0.15, 0.2) is 0 Å². The van der Waals surface area contributed by atoms with E-state index in [-0.39, 0.29) is 12.0 Å². The average Bonchev–Trinajstić information content (AvgIpc) is 2.13. The van der Waals surface area contributed by atoms with Gasteiger partial charge >= 0.3 is 12.0 Å². The summed E-state index contributed by atoms with van der Waals surface area (Å²) in [6.07, 6.45) is 0.421. The fraction of sp³-hybridized carbons (Fsp3) is 0.833. The molecule has 0 aliphatic carbocycles. The van der Waals surface area contributed by atoms with Crippen LogP contribution >= 0.6 is 0 Å². The van der Waals surface area contributed by atoms with E-state index in [9.17, 15) is 9.59 Å². The molecule has 0 aliphatic rings. The van der Waals surface area contributed by atoms with Gasteiger partial charge in [0.15, 0.2) is 0 Å². The number of likely N-dealkylation sites (N-methyl/N-ethyl adjacent to an activating group) is 1. The lowest BCUT2D eigenvalue weighted by molar-refractivity contribution is -0.139. The Morgan fingerprint density at radius 2 is 1.72 bits per heavy atom. The quantitative estimate of drug-likeness (QED) is 0.629. The lowest BCUT2D eigenvalue weighted by Crippen LogP contribution is -2.50. The zero-order valence-electron chi connectivity index (χ0n) is 11.9. The fourth-order valence-electron chi connectivity index (χ4n) is 1.71. The first-order valence-electron chi connectivity index (χ1n) is 6.17. The highest BCUT2D eigenvalue weighted by Gasteiger charge is 2.21. The second kappa shape index (κ2) is 7.92. The van der Waals surface area contributed by atoms with Crippen molar-refractivity contribution in [2.45, 2.75) is 39.3 Å². The molecule has 2 unspecified atom stereocenters. The molecule has 2 atom stereocenters. The number of hydrogen-bond acceptors (Lipinski definition) is 3. The Hall–Kier alpha value is -1.30. The number of carbonyl (C=O) groups is 2. The van der Waals surface area contributed by atoms with E-state index in [2.05, 4.69) is 10.6 Å². The van der Waals surface area contributed by atoms with Crippen molar-refractivity contribution in [3.63, 3.8) is 0 Å². The van der Waals surface area contributed by atoms with Crippen LogP contribution in [0.2, 0.25) is 0 Å². The molecule has 0 saturated carbocycles. The highest BCUT2D eigenvalue weighted by atomic mass is 16.4. The third-order valence-corrected chi connectivity index (χ3v) is 2.33. The number of aliphatic carboxylic acids is 1. The van der Waals surface area contributed by atoms with Gasteiger partial charge in [0, 0.05) is 12.6 Å². The summed E-state index contributed by atoms with van der Waals surface area (Å²) in [5.41, 5.74) is 0. The number of rotatable bonds is 7. The minimum absolute atomic E-state index is 0.0338. The Kier molecular flexibility index (Phi) is 7.35. The molecule has 0 spiro atoms. The molecule has 0 aliphatic heterocycles. The monoisotopic (exact) mass is 259 g/mol. The first kappa shape index (κ1) is 16.7. The number of hydrogen-bond donors (Lipinski definition) is 3. The van der Waals surface area contributed by atoms with Gasteiger partial charge in [0.1, 0.15) is 6.04 Å². The van der Waals surface area contributed by atoms with E-state index in [4.69, 9.17) is 5.11 Å². The van der Waals surface area contributed by atoms with Crippen LogP contribution in [0.3, 0.4) is 0 Å². The molecule has 2 amide bonds. The zero-order chi connectivity index (χ0) is 14.3. The van der Waals surface area contributed by atoms with Crippen LogP contribution in [0, 0.1) is 5.92 Å². The van der Waals surface area contributed by atoms with Gasteiger partial charge in [-0.3, -0.25) is 0 Å². The molecule has 0 rings (SSSR count). The van der Waals surface area contributed by atoms with E-state index in [1.54, 1.807) is 0 Å². The van der Waals surface area contributed by atoms with Crippen LogP contribution in [0.25, 0.3) is 0 Å². The summed E-state index contributed by atoms with van der Waals surface area (Å²) in [6.45, 7) is 6.42. The normalized spacial score (nSPS) is 14.4. The largest absolute Gasteiger partial charge is 0.480 e. The third-order valence-electron chi connectivity index (χ3n) is 2.33. The Labute approximate surface area is 109 Å². The number of amides is 2. The summed E-state index contributed by atoms with van der Waals surface area (Å²) < 4.78 is 0. The molecule has 18 heavy (non-hydrogen) atoms. The van der Waals surface area contributed by atoms with Gasteiger partial charge < -0.3 is 20.6 Å². The van der Waals surface area contributed by atoms with E-state index >= 15 is 0 Å². The Bertz CT molecular complexity index is 280. The molecule has 0 aromatic rings. The maximum Gasteiger partial charge on any atom is 0.326 e. The molecule has 0 aromatic carbocycles. The highest BCUT2D eigenvalue weighted by molar-refractivity contribution is 5.82. The van der Waals surface area contributed by atoms with Crippen LogP contribution in [0.5, 0.6) is 0 Å². The summed E-state index contributed by atoms with van der Waals surface area (Å²) in [5, 5.41) is 14.2. The molecule has 0 bridgehead atoms. The highest BCUT2D eigenvalue weighted by Crippen LogP contribution is 2.04. The predicted octanol–water partition coefficient (Wildman–Crippen LogP) is 0.735. The van der Waals surface area contributed by atoms with Crippen molar-refractivity contribution in [1.29, 1.82) is 0 Å². The van der Waals surface area contributed by atoms with Gasteiger partial charge in [0.25, 0.3) is 0 Å². The molecule has 0 saturated heterocycles. The molecule has 0 aromatic heterocycles. The maximum atomic E-state index is 11.6. The Morgan fingerprint density at radius 3 is 2.11 bits per heavy atom. The smallest absolute Gasteiger partial charge is 0.326 e. The van der Waals surface area contributed by atoms with E-state index in [0.29, 0.717) is 13.0 Å². The van der Waals surface area contributed by atoms with Crippen LogP contribution in [-0.4, -0.2) is 54.7 Å². The number of carboxylic acid groups (broad SMARTS) is 1. The Balaban J connectivity index is 4.21. The summed E-state index contributed by atoms with van der Waals surface area (Å²) in [6, 6.07) is -1.30. The SMILES string of the molecule is CC(C)CC(NC(=O)NC(C)CN(C)C)C(=O)O. The molecule has 106 valence electrons. The minimum atomic E-state index is -1.00. The van der Waals surface area contributed by atoms with Crippen molar-refractivity contribution in [3.05, 3.63) is 0 Å². The molecule has 3 N–H and O–H groups in total. The maximum absolute atomic E-state index is 11.6. The van der Waals surface area contributed by atoms with Gasteiger partial charge in [-0.25, -0.2) is 9.59 Å². The van der Waals surface area contributed by atoms with Gasteiger partial charge in [0.2, 0.25) is 0 Å². The molecule has 6 heteroatoms. The predicted molar refractivity (Wildman–Crippen MR) is 70.6 cm³/mol. The zero-order valence-corrected chi connectivity index (χ0v) is 11.9. The molecule has 0 fully saturated rings. The minimum Gasteiger partial charge on any atom is -0.480 e. The van der Waals surface area contributed by atoms with Gasteiger partial charge in [-0.2, -0.15) is 0 Å². The van der Waals surface area contributed by atoms with Crippen LogP contribution < -0.4 is 10.6 Å². The molecule has 0 heterocycles. The summed E-state index contributed by atoms with van der Waals surface area (Å²) in [7, 11) is 3.82. The topological polar surface area (TPSA) is 81.7 Å². The second-order valence-electron chi connectivity index (χ2n) is 5.30.